The molecule has 2 aromatic heterocycles. The fourth-order valence-electron chi connectivity index (χ4n) is 1.72. The predicted octanol–water partition coefficient (Wildman–Crippen LogP) is 2.50. The van der Waals surface area contributed by atoms with E-state index in [9.17, 15) is 4.79 Å². The third kappa shape index (κ3) is 2.08. The summed E-state index contributed by atoms with van der Waals surface area (Å²) in [6.45, 7) is 4.07. The normalized spacial score (nSPS) is 11.1. The number of hydrogen-bond donors (Lipinski definition) is 1. The van der Waals surface area contributed by atoms with Crippen LogP contribution in [-0.4, -0.2) is 20.9 Å². The minimum absolute atomic E-state index is 0.0569. The van der Waals surface area contributed by atoms with Gasteiger partial charge in [0.05, 0.1) is 11.3 Å². The summed E-state index contributed by atoms with van der Waals surface area (Å²) < 4.78 is 6.98. The van der Waals surface area contributed by atoms with Gasteiger partial charge in [0.1, 0.15) is 5.76 Å². The highest BCUT2D eigenvalue weighted by molar-refractivity contribution is 5.85. The molecule has 0 aromatic carbocycles. The van der Waals surface area contributed by atoms with E-state index in [1.807, 2.05) is 27.1 Å². The maximum atomic E-state index is 10.8. The average molecular weight is 234 g/mol. The molecule has 0 bridgehead atoms. The first-order valence-corrected chi connectivity index (χ1v) is 5.36. The van der Waals surface area contributed by atoms with Crippen molar-refractivity contribution in [3.05, 3.63) is 29.8 Å². The molecule has 0 fully saturated rings. The maximum Gasteiger partial charge on any atom is 0.371 e. The number of nitrogens with zero attached hydrogens (tertiary/aromatic N) is 2. The van der Waals surface area contributed by atoms with E-state index in [0.717, 1.165) is 11.3 Å². The van der Waals surface area contributed by atoms with Gasteiger partial charge in [-0.1, -0.05) is 13.8 Å². The zero-order valence-corrected chi connectivity index (χ0v) is 9.97. The second-order valence-corrected chi connectivity index (χ2v) is 4.23. The summed E-state index contributed by atoms with van der Waals surface area (Å²) in [5.41, 5.74) is 1.74. The molecule has 90 valence electrons. The van der Waals surface area contributed by atoms with E-state index < -0.39 is 5.97 Å². The molecule has 2 heterocycles. The fraction of sp³-hybridized carbons (Fsp3) is 0.333. The van der Waals surface area contributed by atoms with Gasteiger partial charge in [0.2, 0.25) is 5.76 Å². The first kappa shape index (κ1) is 11.4. The Hall–Kier alpha value is -2.04. The molecule has 0 spiro atoms. The Morgan fingerprint density at radius 2 is 2.18 bits per heavy atom. The molecule has 5 heteroatoms. The predicted molar refractivity (Wildman–Crippen MR) is 62.0 cm³/mol. The van der Waals surface area contributed by atoms with Crippen molar-refractivity contribution in [3.63, 3.8) is 0 Å². The molecular formula is C12H14N2O3. The van der Waals surface area contributed by atoms with E-state index in [-0.39, 0.29) is 11.7 Å². The topological polar surface area (TPSA) is 68.3 Å². The second kappa shape index (κ2) is 4.08. The van der Waals surface area contributed by atoms with E-state index >= 15 is 0 Å². The van der Waals surface area contributed by atoms with Gasteiger partial charge in [-0.15, -0.1) is 0 Å². The third-order valence-corrected chi connectivity index (χ3v) is 2.49. The molecular weight excluding hydrogens is 220 g/mol. The van der Waals surface area contributed by atoms with Gasteiger partial charge in [0.25, 0.3) is 0 Å². The average Bonchev–Trinajstić information content (AvgIpc) is 2.82. The Morgan fingerprint density at radius 3 is 2.71 bits per heavy atom. The van der Waals surface area contributed by atoms with Crippen LogP contribution in [0.25, 0.3) is 11.3 Å². The summed E-state index contributed by atoms with van der Waals surface area (Å²) in [7, 11) is 1.83. The molecule has 17 heavy (non-hydrogen) atoms. The molecule has 2 rings (SSSR count). The highest BCUT2D eigenvalue weighted by Crippen LogP contribution is 2.29. The monoisotopic (exact) mass is 234 g/mol. The first-order valence-electron chi connectivity index (χ1n) is 5.36. The highest BCUT2D eigenvalue weighted by atomic mass is 16.4. The molecule has 0 radical (unpaired) electrons. The number of rotatable bonds is 3. The van der Waals surface area contributed by atoms with Crippen molar-refractivity contribution in [1.82, 2.24) is 9.78 Å². The van der Waals surface area contributed by atoms with Crippen molar-refractivity contribution in [2.75, 3.05) is 0 Å². The number of aryl methyl sites for hydroxylation is 1. The Balaban J connectivity index is 2.48. The van der Waals surface area contributed by atoms with Crippen LogP contribution in [0.4, 0.5) is 0 Å². The number of aromatic carboxylic acids is 1. The molecule has 0 saturated carbocycles. The zero-order chi connectivity index (χ0) is 12.6. The lowest BCUT2D eigenvalue weighted by molar-refractivity contribution is 0.0663. The van der Waals surface area contributed by atoms with Gasteiger partial charge in [0, 0.05) is 13.2 Å². The standard InChI is InChI=1S/C12H14N2O3/c1-7(2)11-8(6-14(3)13-11)9-4-5-10(17-9)12(15)16/h4-7H,1-3H3,(H,15,16). The van der Waals surface area contributed by atoms with Crippen molar-refractivity contribution >= 4 is 5.97 Å². The van der Waals surface area contributed by atoms with Gasteiger partial charge in [-0.05, 0) is 18.1 Å². The first-order chi connectivity index (χ1) is 7.99. The van der Waals surface area contributed by atoms with Crippen LogP contribution >= 0.6 is 0 Å². The van der Waals surface area contributed by atoms with Crippen molar-refractivity contribution in [3.8, 4) is 11.3 Å². The highest BCUT2D eigenvalue weighted by Gasteiger charge is 2.17. The van der Waals surface area contributed by atoms with E-state index in [2.05, 4.69) is 5.10 Å². The smallest absolute Gasteiger partial charge is 0.371 e. The summed E-state index contributed by atoms with van der Waals surface area (Å²) >= 11 is 0. The molecule has 0 unspecified atom stereocenters. The summed E-state index contributed by atoms with van der Waals surface area (Å²) in [4.78, 5) is 10.8. The number of aromatic nitrogens is 2. The Kier molecular flexibility index (Phi) is 2.75. The summed E-state index contributed by atoms with van der Waals surface area (Å²) in [6, 6.07) is 3.11. The Labute approximate surface area is 98.7 Å². The van der Waals surface area contributed by atoms with Crippen LogP contribution in [0, 0.1) is 0 Å². The van der Waals surface area contributed by atoms with Gasteiger partial charge in [-0.3, -0.25) is 4.68 Å². The Morgan fingerprint density at radius 1 is 1.47 bits per heavy atom. The van der Waals surface area contributed by atoms with Crippen molar-refractivity contribution < 1.29 is 14.3 Å². The quantitative estimate of drug-likeness (QED) is 0.885. The fourth-order valence-corrected chi connectivity index (χ4v) is 1.72. The van der Waals surface area contributed by atoms with Crippen LogP contribution in [0.1, 0.15) is 36.0 Å². The van der Waals surface area contributed by atoms with Crippen molar-refractivity contribution in [2.45, 2.75) is 19.8 Å². The van der Waals surface area contributed by atoms with Gasteiger partial charge in [-0.2, -0.15) is 5.10 Å². The van der Waals surface area contributed by atoms with Crippen molar-refractivity contribution in [2.24, 2.45) is 7.05 Å². The zero-order valence-electron chi connectivity index (χ0n) is 9.97. The van der Waals surface area contributed by atoms with Crippen LogP contribution in [0.3, 0.4) is 0 Å². The lowest BCUT2D eigenvalue weighted by atomic mass is 10.1. The lowest BCUT2D eigenvalue weighted by Gasteiger charge is -2.02. The van der Waals surface area contributed by atoms with Crippen LogP contribution in [0.2, 0.25) is 0 Å². The lowest BCUT2D eigenvalue weighted by Crippen LogP contribution is -1.93. The largest absolute Gasteiger partial charge is 0.475 e. The van der Waals surface area contributed by atoms with Gasteiger partial charge >= 0.3 is 5.97 Å². The second-order valence-electron chi connectivity index (χ2n) is 4.23. The van der Waals surface area contributed by atoms with Gasteiger partial charge in [0.15, 0.2) is 0 Å². The van der Waals surface area contributed by atoms with Crippen LogP contribution in [0.5, 0.6) is 0 Å². The van der Waals surface area contributed by atoms with E-state index in [4.69, 9.17) is 9.52 Å². The van der Waals surface area contributed by atoms with E-state index in [1.54, 1.807) is 10.7 Å². The number of carboxylic acids is 1. The van der Waals surface area contributed by atoms with E-state index in [1.165, 1.54) is 6.07 Å². The van der Waals surface area contributed by atoms with E-state index in [0.29, 0.717) is 5.76 Å². The third-order valence-electron chi connectivity index (χ3n) is 2.49. The molecule has 5 nitrogen and oxygen atoms in total. The molecule has 0 atom stereocenters. The molecule has 0 amide bonds. The molecule has 0 aliphatic rings. The molecule has 1 N–H and O–H groups in total. The van der Waals surface area contributed by atoms with Crippen LogP contribution < -0.4 is 0 Å². The molecule has 0 saturated heterocycles. The molecule has 2 aromatic rings. The number of hydrogen-bond acceptors (Lipinski definition) is 3. The van der Waals surface area contributed by atoms with Crippen molar-refractivity contribution in [1.29, 1.82) is 0 Å². The Bertz CT molecular complexity index is 552. The van der Waals surface area contributed by atoms with Gasteiger partial charge in [-0.25, -0.2) is 4.79 Å². The molecule has 0 aliphatic heterocycles. The molecule has 0 aliphatic carbocycles. The maximum absolute atomic E-state index is 10.8. The SMILES string of the molecule is CC(C)c1nn(C)cc1-c1ccc(C(=O)O)o1. The van der Waals surface area contributed by atoms with Crippen LogP contribution in [-0.2, 0) is 7.05 Å². The summed E-state index contributed by atoms with van der Waals surface area (Å²) in [5.74, 6) is -0.325. The number of carbonyl (C=O) groups is 1. The minimum Gasteiger partial charge on any atom is -0.475 e. The summed E-state index contributed by atoms with van der Waals surface area (Å²) in [5, 5.41) is 13.2. The minimum atomic E-state index is -1.06. The van der Waals surface area contributed by atoms with Crippen LogP contribution in [0.15, 0.2) is 22.7 Å². The van der Waals surface area contributed by atoms with Gasteiger partial charge < -0.3 is 9.52 Å². The summed E-state index contributed by atoms with van der Waals surface area (Å²) in [6.07, 6.45) is 1.83. The number of furan rings is 1. The number of carboxylic acid groups (broad SMARTS) is 1.